The number of carbonyl (C=O) groups is 1. The Balaban J connectivity index is 1.26. The van der Waals surface area contributed by atoms with Gasteiger partial charge in [0.25, 0.3) is 0 Å². The lowest BCUT2D eigenvalue weighted by Gasteiger charge is -2.31. The number of rotatable bonds is 8. The smallest absolute Gasteiger partial charge is 0.243 e. The normalized spacial score (nSPS) is 16.9. The van der Waals surface area contributed by atoms with Crippen molar-refractivity contribution < 1.29 is 13.2 Å². The first-order valence-corrected chi connectivity index (χ1v) is 13.8. The largest absolute Gasteiger partial charge is 0.384 e. The molecule has 3 aromatic rings. The van der Waals surface area contributed by atoms with Gasteiger partial charge < -0.3 is 10.6 Å². The van der Waals surface area contributed by atoms with Gasteiger partial charge in [-0.3, -0.25) is 9.78 Å². The summed E-state index contributed by atoms with van der Waals surface area (Å²) in [5, 5.41) is 7.99. The lowest BCUT2D eigenvalue weighted by molar-refractivity contribution is -0.126. The lowest BCUT2D eigenvalue weighted by atomic mass is 9.99. The molecular formula is C24H26BrClN4O3S. The first-order chi connectivity index (χ1) is 16.3. The number of nitrogens with one attached hydrogen (secondary N) is 2. The van der Waals surface area contributed by atoms with Crippen LogP contribution >= 0.6 is 27.5 Å². The summed E-state index contributed by atoms with van der Waals surface area (Å²) in [4.78, 5) is 17.3. The molecule has 4 rings (SSSR count). The number of aromatic nitrogens is 1. The van der Waals surface area contributed by atoms with Crippen LogP contribution in [0.4, 0.5) is 5.69 Å². The quantitative estimate of drug-likeness (QED) is 0.388. The summed E-state index contributed by atoms with van der Waals surface area (Å²) in [6, 6.07) is 14.1. The van der Waals surface area contributed by atoms with Gasteiger partial charge >= 0.3 is 0 Å². The molecule has 0 saturated carbocycles. The number of pyridine rings is 1. The molecule has 1 aliphatic heterocycles. The summed E-state index contributed by atoms with van der Waals surface area (Å²) in [6.45, 7) is 1.82. The van der Waals surface area contributed by atoms with Gasteiger partial charge in [0.05, 0.1) is 16.3 Å². The van der Waals surface area contributed by atoms with Crippen LogP contribution in [0.1, 0.15) is 19.3 Å². The maximum atomic E-state index is 13.0. The second-order valence-electron chi connectivity index (χ2n) is 8.25. The van der Waals surface area contributed by atoms with Crippen LogP contribution < -0.4 is 10.6 Å². The van der Waals surface area contributed by atoms with E-state index in [9.17, 15) is 13.2 Å². The first kappa shape index (κ1) is 24.9. The fourth-order valence-electron chi connectivity index (χ4n) is 4.07. The molecule has 2 heterocycles. The second kappa shape index (κ2) is 11.0. The molecule has 0 bridgehead atoms. The Morgan fingerprint density at radius 1 is 1.15 bits per heavy atom. The summed E-state index contributed by atoms with van der Waals surface area (Å²) in [5.41, 5.74) is 1.79. The number of hydrogen-bond acceptors (Lipinski definition) is 5. The van der Waals surface area contributed by atoms with Crippen molar-refractivity contribution in [2.75, 3.05) is 31.5 Å². The Hall–Kier alpha value is -2.20. The molecule has 1 atom stereocenters. The van der Waals surface area contributed by atoms with E-state index in [1.54, 1.807) is 30.5 Å². The number of fused-ring (bicyclic) bond motifs is 1. The van der Waals surface area contributed by atoms with Crippen LogP contribution in [0.15, 0.2) is 64.1 Å². The second-order valence-corrected chi connectivity index (χ2v) is 11.5. The van der Waals surface area contributed by atoms with Crippen LogP contribution in [0.3, 0.4) is 0 Å². The minimum atomic E-state index is -3.62. The number of halogens is 2. The SMILES string of the molecule is O=C(NCCCNc1ccnc2cc(Cl)ccc12)[C@H]1CCCN(S(=O)(=O)c2ccc(Br)cc2)C1. The van der Waals surface area contributed by atoms with Gasteiger partial charge in [-0.05, 0) is 67.8 Å². The molecule has 1 aromatic heterocycles. The van der Waals surface area contributed by atoms with E-state index in [2.05, 4.69) is 31.5 Å². The Labute approximate surface area is 213 Å². The van der Waals surface area contributed by atoms with E-state index < -0.39 is 10.0 Å². The van der Waals surface area contributed by atoms with E-state index >= 15 is 0 Å². The number of amides is 1. The van der Waals surface area contributed by atoms with Gasteiger partial charge in [-0.1, -0.05) is 27.5 Å². The molecule has 1 amide bonds. The summed E-state index contributed by atoms with van der Waals surface area (Å²) >= 11 is 9.37. The summed E-state index contributed by atoms with van der Waals surface area (Å²) in [6.07, 6.45) is 3.81. The highest BCUT2D eigenvalue weighted by Gasteiger charge is 2.33. The fourth-order valence-corrected chi connectivity index (χ4v) is 6.03. The highest BCUT2D eigenvalue weighted by atomic mass is 79.9. The Bertz CT molecular complexity index is 1270. The van der Waals surface area contributed by atoms with Gasteiger partial charge in [0.15, 0.2) is 0 Å². The average Bonchev–Trinajstić information content (AvgIpc) is 2.84. The van der Waals surface area contributed by atoms with Crippen LogP contribution in [0, 0.1) is 5.92 Å². The number of hydrogen-bond donors (Lipinski definition) is 2. The number of sulfonamides is 1. The fraction of sp³-hybridized carbons (Fsp3) is 0.333. The van der Waals surface area contributed by atoms with Crippen LogP contribution in [-0.4, -0.2) is 49.8 Å². The molecule has 180 valence electrons. The molecule has 1 fully saturated rings. The number of nitrogens with zero attached hydrogens (tertiary/aromatic N) is 2. The van der Waals surface area contributed by atoms with Crippen molar-refractivity contribution in [2.45, 2.75) is 24.2 Å². The average molecular weight is 566 g/mol. The van der Waals surface area contributed by atoms with Crippen molar-refractivity contribution in [3.8, 4) is 0 Å². The van der Waals surface area contributed by atoms with Crippen molar-refractivity contribution in [1.82, 2.24) is 14.6 Å². The molecule has 1 saturated heterocycles. The van der Waals surface area contributed by atoms with Crippen molar-refractivity contribution in [2.24, 2.45) is 5.92 Å². The third kappa shape index (κ3) is 5.89. The number of piperidine rings is 1. The van der Waals surface area contributed by atoms with Gasteiger partial charge in [-0.25, -0.2) is 8.42 Å². The molecule has 34 heavy (non-hydrogen) atoms. The predicted octanol–water partition coefficient (Wildman–Crippen LogP) is 4.67. The van der Waals surface area contributed by atoms with Gasteiger partial charge in [0.2, 0.25) is 15.9 Å². The van der Waals surface area contributed by atoms with E-state index in [-0.39, 0.29) is 23.3 Å². The molecule has 1 aliphatic rings. The van der Waals surface area contributed by atoms with E-state index in [1.807, 2.05) is 24.3 Å². The third-order valence-corrected chi connectivity index (χ3v) is 8.52. The molecule has 0 radical (unpaired) electrons. The molecule has 0 aliphatic carbocycles. The first-order valence-electron chi connectivity index (χ1n) is 11.2. The molecule has 0 spiro atoms. The topological polar surface area (TPSA) is 91.4 Å². The number of anilines is 1. The van der Waals surface area contributed by atoms with Gasteiger partial charge in [0, 0.05) is 52.9 Å². The highest BCUT2D eigenvalue weighted by molar-refractivity contribution is 9.10. The standard InChI is InChI=1S/C24H26BrClN4O3S/c25-18-4-7-20(8-5-18)34(32,33)30-14-1-3-17(16-30)24(31)29-12-2-11-27-22-10-13-28-23-15-19(26)6-9-21(22)23/h4-10,13,15,17H,1-3,11-12,14,16H2,(H,27,28)(H,29,31)/t17-/m0/s1. The Morgan fingerprint density at radius 3 is 2.74 bits per heavy atom. The monoisotopic (exact) mass is 564 g/mol. The molecule has 2 N–H and O–H groups in total. The van der Waals surface area contributed by atoms with Gasteiger partial charge in [-0.2, -0.15) is 4.31 Å². The van der Waals surface area contributed by atoms with Crippen LogP contribution in [0.5, 0.6) is 0 Å². The maximum Gasteiger partial charge on any atom is 0.243 e. The van der Waals surface area contributed by atoms with Crippen molar-refractivity contribution in [3.05, 3.63) is 64.2 Å². The Kier molecular flexibility index (Phi) is 8.08. The number of carbonyl (C=O) groups excluding carboxylic acids is 1. The zero-order valence-electron chi connectivity index (χ0n) is 18.5. The Morgan fingerprint density at radius 2 is 1.94 bits per heavy atom. The van der Waals surface area contributed by atoms with E-state index in [4.69, 9.17) is 11.6 Å². The summed E-state index contributed by atoms with van der Waals surface area (Å²) in [5.74, 6) is -0.444. The van der Waals surface area contributed by atoms with E-state index in [0.717, 1.165) is 27.5 Å². The maximum absolute atomic E-state index is 13.0. The summed E-state index contributed by atoms with van der Waals surface area (Å²) in [7, 11) is -3.62. The molecule has 10 heteroatoms. The molecule has 2 aromatic carbocycles. The zero-order chi connectivity index (χ0) is 24.1. The minimum absolute atomic E-state index is 0.0975. The highest BCUT2D eigenvalue weighted by Crippen LogP contribution is 2.26. The molecular weight excluding hydrogens is 540 g/mol. The van der Waals surface area contributed by atoms with E-state index in [0.29, 0.717) is 37.5 Å². The lowest BCUT2D eigenvalue weighted by Crippen LogP contribution is -2.45. The third-order valence-electron chi connectivity index (χ3n) is 5.88. The zero-order valence-corrected chi connectivity index (χ0v) is 21.7. The minimum Gasteiger partial charge on any atom is -0.384 e. The van der Waals surface area contributed by atoms with Crippen LogP contribution in [0.2, 0.25) is 5.02 Å². The van der Waals surface area contributed by atoms with E-state index in [1.165, 1.54) is 4.31 Å². The molecule has 7 nitrogen and oxygen atoms in total. The van der Waals surface area contributed by atoms with Crippen LogP contribution in [-0.2, 0) is 14.8 Å². The van der Waals surface area contributed by atoms with Crippen molar-refractivity contribution in [1.29, 1.82) is 0 Å². The van der Waals surface area contributed by atoms with Crippen LogP contribution in [0.25, 0.3) is 10.9 Å². The molecule has 0 unspecified atom stereocenters. The van der Waals surface area contributed by atoms with Gasteiger partial charge in [0.1, 0.15) is 0 Å². The number of benzene rings is 2. The van der Waals surface area contributed by atoms with Crippen molar-refractivity contribution in [3.63, 3.8) is 0 Å². The summed E-state index contributed by atoms with van der Waals surface area (Å²) < 4.78 is 28.2. The van der Waals surface area contributed by atoms with Crippen molar-refractivity contribution >= 4 is 60.1 Å². The van der Waals surface area contributed by atoms with Gasteiger partial charge in [-0.15, -0.1) is 0 Å². The predicted molar refractivity (Wildman–Crippen MR) is 138 cm³/mol.